The lowest BCUT2D eigenvalue weighted by Gasteiger charge is -2.44. The number of carbonyl (C=O) groups is 1. The summed E-state index contributed by atoms with van der Waals surface area (Å²) in [5.74, 6) is 0. The topological polar surface area (TPSA) is 71.6 Å². The molecule has 7 heteroatoms. The van der Waals surface area contributed by atoms with Gasteiger partial charge in [-0.3, -0.25) is 4.79 Å². The van der Waals surface area contributed by atoms with Crippen LogP contribution in [0.3, 0.4) is 0 Å². The van der Waals surface area contributed by atoms with Crippen LogP contribution in [0, 0.1) is 0 Å². The Morgan fingerprint density at radius 3 is 2.24 bits per heavy atom. The molecular formula is C31H40N2O4Si. The third-order valence-electron chi connectivity index (χ3n) is 8.33. The molecule has 1 amide bonds. The molecule has 1 fully saturated rings. The number of aromatic nitrogens is 1. The number of carbonyl (C=O) groups excluding carboxylic acids is 1. The van der Waals surface area contributed by atoms with Gasteiger partial charge in [0.15, 0.2) is 8.32 Å². The summed E-state index contributed by atoms with van der Waals surface area (Å²) in [4.78, 5) is 29.4. The predicted molar refractivity (Wildman–Crippen MR) is 155 cm³/mol. The molecule has 2 heterocycles. The Bertz CT molecular complexity index is 1280. The number of benzene rings is 2. The van der Waals surface area contributed by atoms with Crippen LogP contribution < -0.4 is 5.56 Å². The van der Waals surface area contributed by atoms with Crippen molar-refractivity contribution in [3.63, 3.8) is 0 Å². The minimum absolute atomic E-state index is 0.121. The van der Waals surface area contributed by atoms with E-state index < -0.39 is 13.9 Å². The lowest BCUT2D eigenvalue weighted by atomic mass is 9.85. The second-order valence-electron chi connectivity index (χ2n) is 11.8. The molecule has 0 bridgehead atoms. The number of aromatic amines is 1. The van der Waals surface area contributed by atoms with Gasteiger partial charge in [0, 0.05) is 38.3 Å². The maximum absolute atomic E-state index is 13.5. The van der Waals surface area contributed by atoms with Crippen LogP contribution in [0.2, 0.25) is 18.1 Å². The van der Waals surface area contributed by atoms with Crippen LogP contribution in [-0.2, 0) is 14.8 Å². The molecule has 2 aromatic carbocycles. The van der Waals surface area contributed by atoms with Crippen LogP contribution in [-0.4, -0.2) is 37.4 Å². The molecule has 1 aliphatic rings. The molecule has 0 radical (unpaired) electrons. The van der Waals surface area contributed by atoms with Gasteiger partial charge in [-0.25, -0.2) is 4.79 Å². The summed E-state index contributed by atoms with van der Waals surface area (Å²) in [5, 5.41) is 0.121. The average molecular weight is 533 g/mol. The van der Waals surface area contributed by atoms with E-state index in [4.69, 9.17) is 9.16 Å². The highest BCUT2D eigenvalue weighted by atomic mass is 28.4. The van der Waals surface area contributed by atoms with Gasteiger partial charge in [0.25, 0.3) is 0 Å². The largest absolute Gasteiger partial charge is 0.438 e. The van der Waals surface area contributed by atoms with E-state index in [0.717, 1.165) is 22.3 Å². The fraction of sp³-hybridized carbons (Fsp3) is 0.419. The molecule has 0 unspecified atom stereocenters. The van der Waals surface area contributed by atoms with Gasteiger partial charge < -0.3 is 19.0 Å². The summed E-state index contributed by atoms with van der Waals surface area (Å²) in [6.45, 7) is 14.4. The highest BCUT2D eigenvalue weighted by Gasteiger charge is 2.44. The van der Waals surface area contributed by atoms with Crippen LogP contribution in [0.25, 0.3) is 11.1 Å². The Kier molecular flexibility index (Phi) is 8.00. The Labute approximate surface area is 227 Å². The second kappa shape index (κ2) is 10.9. The molecule has 0 aliphatic carbocycles. The third kappa shape index (κ3) is 5.94. The number of nitrogens with one attached hydrogen (secondary N) is 1. The summed E-state index contributed by atoms with van der Waals surface area (Å²) in [7, 11) is -1.92. The van der Waals surface area contributed by atoms with Crippen molar-refractivity contribution >= 4 is 14.4 Å². The minimum atomic E-state index is -1.92. The van der Waals surface area contributed by atoms with Gasteiger partial charge >= 0.3 is 6.09 Å². The predicted octanol–water partition coefficient (Wildman–Crippen LogP) is 7.25. The van der Waals surface area contributed by atoms with E-state index in [1.165, 1.54) is 6.07 Å². The molecule has 1 aromatic heterocycles. The zero-order valence-corrected chi connectivity index (χ0v) is 24.4. The molecule has 202 valence electrons. The zero-order chi connectivity index (χ0) is 27.6. The van der Waals surface area contributed by atoms with Gasteiger partial charge in [-0.15, -0.1) is 0 Å². The fourth-order valence-corrected chi connectivity index (χ4v) is 5.74. The van der Waals surface area contributed by atoms with Crippen molar-refractivity contribution in [1.29, 1.82) is 0 Å². The van der Waals surface area contributed by atoms with E-state index >= 15 is 0 Å². The lowest BCUT2D eigenvalue weighted by molar-refractivity contribution is -0.0711. The van der Waals surface area contributed by atoms with Crippen molar-refractivity contribution in [3.05, 3.63) is 94.4 Å². The minimum Gasteiger partial charge on any atom is -0.438 e. The molecule has 0 saturated carbocycles. The van der Waals surface area contributed by atoms with Crippen LogP contribution in [0.1, 0.15) is 57.7 Å². The number of hydrogen-bond donors (Lipinski definition) is 1. The van der Waals surface area contributed by atoms with Crippen LogP contribution in [0.15, 0.2) is 77.7 Å². The van der Waals surface area contributed by atoms with Crippen molar-refractivity contribution in [2.75, 3.05) is 13.2 Å². The van der Waals surface area contributed by atoms with E-state index in [9.17, 15) is 9.59 Å². The molecule has 1 saturated heterocycles. The molecule has 1 aliphatic heterocycles. The first-order valence-electron chi connectivity index (χ1n) is 13.4. The number of ether oxygens (including phenoxy) is 1. The first-order chi connectivity index (χ1) is 17.9. The third-order valence-corrected chi connectivity index (χ3v) is 12.9. The number of hydrogen-bond acceptors (Lipinski definition) is 4. The van der Waals surface area contributed by atoms with Gasteiger partial charge in [0.05, 0.1) is 6.04 Å². The molecular weight excluding hydrogens is 492 g/mol. The number of H-pyrrole nitrogens is 1. The molecule has 2 atom stereocenters. The normalized spacial score (nSPS) is 19.2. The van der Waals surface area contributed by atoms with Gasteiger partial charge in [0.1, 0.15) is 5.60 Å². The van der Waals surface area contributed by atoms with Gasteiger partial charge in [-0.1, -0.05) is 75.4 Å². The molecule has 4 rings (SSSR count). The van der Waals surface area contributed by atoms with E-state index in [2.05, 4.69) is 38.8 Å². The second-order valence-corrected chi connectivity index (χ2v) is 16.6. The summed E-state index contributed by atoms with van der Waals surface area (Å²) < 4.78 is 12.8. The quantitative estimate of drug-likeness (QED) is 0.310. The molecule has 3 aromatic rings. The Morgan fingerprint density at radius 2 is 1.66 bits per heavy atom. The summed E-state index contributed by atoms with van der Waals surface area (Å²) >= 11 is 0. The molecule has 38 heavy (non-hydrogen) atoms. The van der Waals surface area contributed by atoms with Crippen molar-refractivity contribution in [3.8, 4) is 11.1 Å². The number of cyclic esters (lactones) is 1. The average Bonchev–Trinajstić information content (AvgIpc) is 2.89. The number of pyridine rings is 1. The number of nitrogens with zero attached hydrogens (tertiary/aromatic N) is 1. The zero-order valence-electron chi connectivity index (χ0n) is 23.4. The number of amides is 1. The van der Waals surface area contributed by atoms with Crippen molar-refractivity contribution in [2.45, 2.75) is 70.3 Å². The van der Waals surface area contributed by atoms with Crippen molar-refractivity contribution < 1.29 is 14.0 Å². The standard InChI is InChI=1S/C31H40N2O4Si/c1-23(24-12-14-25(15-13-24)26-16-17-28(34)32-22-26)33-20-18-31(37-29(33)35,27-10-8-7-9-11-27)19-21-36-38(5,6)30(2,3)4/h7-17,22-23H,18-21H2,1-6H3,(H,32,34)/t23-,31-/m0/s1. The fourth-order valence-electron chi connectivity index (χ4n) is 4.70. The summed E-state index contributed by atoms with van der Waals surface area (Å²) in [6.07, 6.45) is 2.74. The van der Waals surface area contributed by atoms with E-state index in [1.807, 2.05) is 66.4 Å². The van der Waals surface area contributed by atoms with Gasteiger partial charge in [-0.05, 0) is 53.4 Å². The van der Waals surface area contributed by atoms with E-state index in [0.29, 0.717) is 26.0 Å². The summed E-state index contributed by atoms with van der Waals surface area (Å²) in [5.41, 5.74) is 3.16. The summed E-state index contributed by atoms with van der Waals surface area (Å²) in [6, 6.07) is 21.4. The van der Waals surface area contributed by atoms with E-state index in [-0.39, 0.29) is 22.7 Å². The van der Waals surface area contributed by atoms with E-state index in [1.54, 1.807) is 12.3 Å². The van der Waals surface area contributed by atoms with Crippen LogP contribution >= 0.6 is 0 Å². The Hall–Kier alpha value is -3.16. The monoisotopic (exact) mass is 532 g/mol. The lowest BCUT2D eigenvalue weighted by Crippen LogP contribution is -2.50. The Balaban J connectivity index is 1.49. The van der Waals surface area contributed by atoms with Crippen LogP contribution in [0.4, 0.5) is 4.79 Å². The highest BCUT2D eigenvalue weighted by Crippen LogP contribution is 2.41. The smallest absolute Gasteiger partial charge is 0.411 e. The molecule has 6 nitrogen and oxygen atoms in total. The van der Waals surface area contributed by atoms with Crippen molar-refractivity contribution in [1.82, 2.24) is 9.88 Å². The highest BCUT2D eigenvalue weighted by molar-refractivity contribution is 6.74. The van der Waals surface area contributed by atoms with Gasteiger partial charge in [-0.2, -0.15) is 0 Å². The molecule has 1 N–H and O–H groups in total. The first kappa shape index (κ1) is 27.9. The Morgan fingerprint density at radius 1 is 1.00 bits per heavy atom. The SMILES string of the molecule is C[C@@H](c1ccc(-c2ccc(=O)[nH]c2)cc1)N1CC[C@](CCO[Si](C)(C)C(C)(C)C)(c2ccccc2)OC1=O. The maximum Gasteiger partial charge on any atom is 0.411 e. The maximum atomic E-state index is 13.5. The van der Waals surface area contributed by atoms with Crippen LogP contribution in [0.5, 0.6) is 0 Å². The molecule has 0 spiro atoms. The van der Waals surface area contributed by atoms with Gasteiger partial charge in [0.2, 0.25) is 5.56 Å². The first-order valence-corrected chi connectivity index (χ1v) is 16.3. The number of rotatable bonds is 8. The van der Waals surface area contributed by atoms with Crippen molar-refractivity contribution in [2.24, 2.45) is 0 Å².